The van der Waals surface area contributed by atoms with E-state index < -0.39 is 0 Å². The van der Waals surface area contributed by atoms with Crippen molar-refractivity contribution >= 4 is 54.5 Å². The van der Waals surface area contributed by atoms with E-state index in [0.717, 1.165) is 13.1 Å². The van der Waals surface area contributed by atoms with Gasteiger partial charge in [-0.3, -0.25) is 0 Å². The lowest BCUT2D eigenvalue weighted by Gasteiger charge is -2.27. The molecule has 9 rings (SSSR count). The predicted molar refractivity (Wildman–Crippen MR) is 198 cm³/mol. The van der Waals surface area contributed by atoms with Crippen LogP contribution >= 0.6 is 0 Å². The van der Waals surface area contributed by atoms with Crippen molar-refractivity contribution < 1.29 is 0 Å². The minimum absolute atomic E-state index is 0.793. The molecule has 0 saturated heterocycles. The summed E-state index contributed by atoms with van der Waals surface area (Å²) >= 11 is 0. The Kier molecular flexibility index (Phi) is 6.11. The number of para-hydroxylation sites is 2. The van der Waals surface area contributed by atoms with Crippen molar-refractivity contribution in [3.05, 3.63) is 157 Å². The van der Waals surface area contributed by atoms with E-state index in [2.05, 4.69) is 169 Å². The third-order valence-corrected chi connectivity index (χ3v) is 9.89. The fourth-order valence-corrected chi connectivity index (χ4v) is 7.77. The zero-order valence-electron chi connectivity index (χ0n) is 26.2. The van der Waals surface area contributed by atoms with Gasteiger partial charge in [-0.05, 0) is 102 Å². The second kappa shape index (κ2) is 10.5. The molecule has 0 radical (unpaired) electrons. The number of hydrogen-bond acceptors (Lipinski definition) is 2. The van der Waals surface area contributed by atoms with Crippen molar-refractivity contribution in [1.29, 1.82) is 0 Å². The van der Waals surface area contributed by atoms with E-state index in [-0.39, 0.29) is 0 Å². The van der Waals surface area contributed by atoms with Gasteiger partial charge < -0.3 is 9.80 Å². The van der Waals surface area contributed by atoms with E-state index in [1.165, 1.54) is 87.8 Å². The highest BCUT2D eigenvalue weighted by atomic mass is 15.1. The fraction of sp³-hybridized carbons (Fsp3) is 0.0909. The van der Waals surface area contributed by atoms with Crippen molar-refractivity contribution in [3.8, 4) is 22.3 Å². The van der Waals surface area contributed by atoms with Gasteiger partial charge >= 0.3 is 0 Å². The quantitative estimate of drug-likeness (QED) is 0.162. The molecule has 0 saturated carbocycles. The van der Waals surface area contributed by atoms with Gasteiger partial charge in [0.15, 0.2) is 0 Å². The lowest BCUT2D eigenvalue weighted by molar-refractivity contribution is 0.920. The van der Waals surface area contributed by atoms with E-state index >= 15 is 0 Å². The summed E-state index contributed by atoms with van der Waals surface area (Å²) in [5.41, 5.74) is 10.2. The zero-order valence-corrected chi connectivity index (χ0v) is 26.2. The summed E-state index contributed by atoms with van der Waals surface area (Å²) in [5.74, 6) is 0. The summed E-state index contributed by atoms with van der Waals surface area (Å²) < 4.78 is 0. The molecule has 1 aliphatic rings. The molecule has 46 heavy (non-hydrogen) atoms. The highest BCUT2D eigenvalue weighted by Crippen LogP contribution is 2.42. The molecular weight excluding hydrogens is 556 g/mol. The highest BCUT2D eigenvalue weighted by molar-refractivity contribution is 6.14. The summed E-state index contributed by atoms with van der Waals surface area (Å²) in [4.78, 5) is 4.85. The third kappa shape index (κ3) is 4.25. The van der Waals surface area contributed by atoms with Crippen LogP contribution in [-0.2, 0) is 13.1 Å². The van der Waals surface area contributed by atoms with Crippen molar-refractivity contribution in [1.82, 2.24) is 0 Å². The molecule has 2 heteroatoms. The van der Waals surface area contributed by atoms with Gasteiger partial charge in [0.1, 0.15) is 0 Å². The van der Waals surface area contributed by atoms with Gasteiger partial charge in [-0.15, -0.1) is 0 Å². The number of benzene rings is 8. The van der Waals surface area contributed by atoms with Crippen LogP contribution in [0.3, 0.4) is 0 Å². The van der Waals surface area contributed by atoms with Crippen LogP contribution in [0.2, 0.25) is 0 Å². The molecule has 1 heterocycles. The first-order valence-corrected chi connectivity index (χ1v) is 16.1. The number of rotatable bonds is 0. The van der Waals surface area contributed by atoms with Crippen LogP contribution in [0.25, 0.3) is 65.3 Å². The van der Waals surface area contributed by atoms with Gasteiger partial charge in [-0.25, -0.2) is 0 Å². The van der Waals surface area contributed by atoms with E-state index in [1.54, 1.807) is 0 Å². The van der Waals surface area contributed by atoms with E-state index in [4.69, 9.17) is 0 Å². The van der Waals surface area contributed by atoms with Gasteiger partial charge in [0.25, 0.3) is 0 Å². The number of hydrogen-bond donors (Lipinski definition) is 0. The van der Waals surface area contributed by atoms with Crippen molar-refractivity contribution in [3.63, 3.8) is 0 Å². The Labute approximate surface area is 269 Å². The molecule has 8 aromatic rings. The smallest absolute Gasteiger partial charge is 0.0446 e. The maximum atomic E-state index is 2.43. The monoisotopic (exact) mass is 590 g/mol. The summed E-state index contributed by atoms with van der Waals surface area (Å²) in [5, 5.41) is 10.3. The van der Waals surface area contributed by atoms with Gasteiger partial charge in [-0.2, -0.15) is 0 Å². The molecule has 1 aliphatic heterocycles. The standard InChI is InChI=1S/C44H34N2/c1-45-27-29-23-39-33-13-5-3-11-31(33)20-22-36(39)42(25-29)38-16-8-10-18-44(38)46(2)28-30-24-40-34-14-6-4-12-32(34)19-21-35(40)41(26-30)37-15-7-9-17-43(37)45/h3-26H,27-28H2,1-2H3. The Morgan fingerprint density at radius 1 is 0.348 bits per heavy atom. The van der Waals surface area contributed by atoms with Gasteiger partial charge in [0.2, 0.25) is 0 Å². The Morgan fingerprint density at radius 2 is 0.761 bits per heavy atom. The lowest BCUT2D eigenvalue weighted by Crippen LogP contribution is -2.19. The van der Waals surface area contributed by atoms with Gasteiger partial charge in [0, 0.05) is 49.7 Å². The summed E-state index contributed by atoms with van der Waals surface area (Å²) in [6, 6.07) is 54.3. The summed E-state index contributed by atoms with van der Waals surface area (Å²) in [7, 11) is 4.47. The molecule has 2 nitrogen and oxygen atoms in total. The maximum Gasteiger partial charge on any atom is 0.0446 e. The molecule has 4 bridgehead atoms. The molecule has 220 valence electrons. The molecular formula is C44H34N2. The SMILES string of the molecule is CN1Cc2cc(c3ccc4ccccc4c3c2)-c2ccccc2N(C)Cc2cc(c3ccc4ccccc4c3c2)-c2ccccc21. The van der Waals surface area contributed by atoms with E-state index in [0.29, 0.717) is 0 Å². The minimum atomic E-state index is 0.793. The van der Waals surface area contributed by atoms with Crippen LogP contribution in [-0.4, -0.2) is 14.1 Å². The Hall–Kier alpha value is -5.60. The molecule has 0 unspecified atom stereocenters. The second-order valence-electron chi connectivity index (χ2n) is 12.8. The molecule has 0 atom stereocenters. The van der Waals surface area contributed by atoms with Gasteiger partial charge in [-0.1, -0.05) is 109 Å². The Balaban J connectivity index is 1.36. The first-order chi connectivity index (χ1) is 22.6. The summed E-state index contributed by atoms with van der Waals surface area (Å²) in [6.07, 6.45) is 0. The first-order valence-electron chi connectivity index (χ1n) is 16.1. The average molecular weight is 591 g/mol. The number of nitrogens with zero attached hydrogens (tertiary/aromatic N) is 2. The molecule has 8 aromatic carbocycles. The van der Waals surface area contributed by atoms with Crippen LogP contribution < -0.4 is 9.80 Å². The van der Waals surface area contributed by atoms with Gasteiger partial charge in [0.05, 0.1) is 0 Å². The maximum absolute atomic E-state index is 2.43. The number of fused-ring (bicyclic) bond motifs is 16. The normalized spacial score (nSPS) is 13.2. The molecule has 0 N–H and O–H groups in total. The lowest BCUT2D eigenvalue weighted by atomic mass is 9.90. The van der Waals surface area contributed by atoms with Crippen LogP contribution in [0.5, 0.6) is 0 Å². The van der Waals surface area contributed by atoms with Crippen LogP contribution in [0.1, 0.15) is 11.1 Å². The topological polar surface area (TPSA) is 6.48 Å². The van der Waals surface area contributed by atoms with Crippen LogP contribution in [0, 0.1) is 0 Å². The Bertz CT molecular complexity index is 2300. The first kappa shape index (κ1) is 26.8. The molecule has 0 aromatic heterocycles. The van der Waals surface area contributed by atoms with Crippen molar-refractivity contribution in [2.45, 2.75) is 13.1 Å². The van der Waals surface area contributed by atoms with E-state index in [9.17, 15) is 0 Å². The predicted octanol–water partition coefficient (Wildman–Crippen LogP) is 11.2. The van der Waals surface area contributed by atoms with Crippen LogP contribution in [0.15, 0.2) is 146 Å². The van der Waals surface area contributed by atoms with Crippen LogP contribution in [0.4, 0.5) is 11.4 Å². The number of anilines is 2. The largest absolute Gasteiger partial charge is 0.370 e. The van der Waals surface area contributed by atoms with E-state index in [1.807, 2.05) is 0 Å². The van der Waals surface area contributed by atoms with Crippen molar-refractivity contribution in [2.75, 3.05) is 23.9 Å². The Morgan fingerprint density at radius 3 is 1.24 bits per heavy atom. The molecule has 0 aliphatic carbocycles. The molecule has 0 fully saturated rings. The second-order valence-corrected chi connectivity index (χ2v) is 12.8. The average Bonchev–Trinajstić information content (AvgIpc) is 3.10. The highest BCUT2D eigenvalue weighted by Gasteiger charge is 2.19. The third-order valence-electron chi connectivity index (χ3n) is 9.89. The van der Waals surface area contributed by atoms with Crippen molar-refractivity contribution in [2.24, 2.45) is 0 Å². The fourth-order valence-electron chi connectivity index (χ4n) is 7.77. The zero-order chi connectivity index (χ0) is 30.8. The minimum Gasteiger partial charge on any atom is -0.370 e. The summed E-state index contributed by atoms with van der Waals surface area (Å²) in [6.45, 7) is 1.59. The molecule has 0 spiro atoms. The molecule has 0 amide bonds.